The van der Waals surface area contributed by atoms with E-state index in [0.717, 1.165) is 38.9 Å². The van der Waals surface area contributed by atoms with Crippen molar-refractivity contribution in [1.82, 2.24) is 19.9 Å². The Morgan fingerprint density at radius 2 is 0.691 bits per heavy atom. The minimum absolute atomic E-state index is 0.603. The molecule has 0 radical (unpaired) electrons. The molecule has 4 nitrogen and oxygen atoms in total. The molecule has 1 aliphatic carbocycles. The van der Waals surface area contributed by atoms with Crippen molar-refractivity contribution in [3.63, 3.8) is 0 Å². The summed E-state index contributed by atoms with van der Waals surface area (Å²) in [6.07, 6.45) is 3.67. The fraction of sp³-hybridized carbons (Fsp3) is 0.0196. The zero-order valence-corrected chi connectivity index (χ0v) is 29.9. The predicted molar refractivity (Wildman–Crippen MR) is 222 cm³/mol. The Bertz CT molecular complexity index is 2690. The molecule has 4 heteroatoms. The maximum atomic E-state index is 5.11. The minimum Gasteiger partial charge on any atom is -0.265 e. The highest BCUT2D eigenvalue weighted by Gasteiger charge is 2.46. The van der Waals surface area contributed by atoms with E-state index >= 15 is 0 Å². The van der Waals surface area contributed by atoms with Gasteiger partial charge in [-0.1, -0.05) is 170 Å². The molecule has 55 heavy (non-hydrogen) atoms. The molecule has 0 saturated heterocycles. The van der Waals surface area contributed by atoms with Crippen LogP contribution in [0.2, 0.25) is 0 Å². The van der Waals surface area contributed by atoms with E-state index in [-0.39, 0.29) is 0 Å². The van der Waals surface area contributed by atoms with Crippen molar-refractivity contribution in [2.24, 2.45) is 0 Å². The van der Waals surface area contributed by atoms with Crippen molar-refractivity contribution >= 4 is 0 Å². The molecule has 7 aromatic carbocycles. The van der Waals surface area contributed by atoms with Crippen LogP contribution in [0.1, 0.15) is 22.3 Å². The third-order valence-electron chi connectivity index (χ3n) is 10.7. The van der Waals surface area contributed by atoms with E-state index in [4.69, 9.17) is 15.0 Å². The highest BCUT2D eigenvalue weighted by Crippen LogP contribution is 2.56. The van der Waals surface area contributed by atoms with Gasteiger partial charge in [-0.15, -0.1) is 0 Å². The van der Waals surface area contributed by atoms with Gasteiger partial charge in [-0.3, -0.25) is 4.98 Å². The van der Waals surface area contributed by atoms with Crippen LogP contribution in [0.4, 0.5) is 0 Å². The lowest BCUT2D eigenvalue weighted by Gasteiger charge is -2.34. The summed E-state index contributed by atoms with van der Waals surface area (Å²) in [6, 6.07) is 68.8. The van der Waals surface area contributed by atoms with Gasteiger partial charge >= 0.3 is 0 Å². The van der Waals surface area contributed by atoms with Gasteiger partial charge in [-0.25, -0.2) is 15.0 Å². The summed E-state index contributed by atoms with van der Waals surface area (Å²) < 4.78 is 0. The Balaban J connectivity index is 1.17. The second-order valence-electron chi connectivity index (χ2n) is 13.9. The van der Waals surface area contributed by atoms with Crippen LogP contribution in [0.25, 0.3) is 67.5 Å². The van der Waals surface area contributed by atoms with Crippen molar-refractivity contribution in [2.45, 2.75) is 5.41 Å². The van der Waals surface area contributed by atoms with Crippen LogP contribution in [0.5, 0.6) is 0 Å². The number of hydrogen-bond acceptors (Lipinski definition) is 4. The van der Waals surface area contributed by atoms with Crippen molar-refractivity contribution in [2.75, 3.05) is 0 Å². The Hall–Kier alpha value is -7.30. The normalized spacial score (nSPS) is 12.5. The van der Waals surface area contributed by atoms with Crippen LogP contribution in [0, 0.1) is 0 Å². The summed E-state index contributed by atoms with van der Waals surface area (Å²) in [6.45, 7) is 0. The minimum atomic E-state index is -0.603. The number of pyridine rings is 1. The molecule has 1 aliphatic rings. The lowest BCUT2D eigenvalue weighted by Crippen LogP contribution is -2.28. The summed E-state index contributed by atoms with van der Waals surface area (Å²) in [7, 11) is 0. The first kappa shape index (κ1) is 32.4. The van der Waals surface area contributed by atoms with E-state index in [2.05, 4.69) is 126 Å². The lowest BCUT2D eigenvalue weighted by atomic mass is 9.67. The molecule has 0 bridgehead atoms. The average Bonchev–Trinajstić information content (AvgIpc) is 3.58. The second-order valence-corrected chi connectivity index (χ2v) is 13.9. The largest absolute Gasteiger partial charge is 0.265 e. The van der Waals surface area contributed by atoms with Gasteiger partial charge in [0.15, 0.2) is 17.5 Å². The van der Waals surface area contributed by atoms with Gasteiger partial charge in [0, 0.05) is 29.1 Å². The summed E-state index contributed by atoms with van der Waals surface area (Å²) in [5, 5.41) is 0. The van der Waals surface area contributed by atoms with E-state index < -0.39 is 5.41 Å². The van der Waals surface area contributed by atoms with Gasteiger partial charge in [-0.2, -0.15) is 0 Å². The molecular weight excluding hydrogens is 669 g/mol. The number of benzene rings is 7. The summed E-state index contributed by atoms with van der Waals surface area (Å²) in [5.41, 5.74) is 14.2. The Labute approximate surface area is 320 Å². The molecule has 0 atom stereocenters. The molecule has 10 rings (SSSR count). The predicted octanol–water partition coefficient (Wildman–Crippen LogP) is 12.0. The number of aromatic nitrogens is 4. The lowest BCUT2D eigenvalue weighted by molar-refractivity contribution is 0.769. The molecule has 2 aromatic heterocycles. The third-order valence-corrected chi connectivity index (χ3v) is 10.7. The maximum absolute atomic E-state index is 5.11. The number of rotatable bonds is 7. The Morgan fingerprint density at radius 1 is 0.291 bits per heavy atom. The van der Waals surface area contributed by atoms with Crippen LogP contribution in [-0.2, 0) is 5.41 Å². The summed E-state index contributed by atoms with van der Waals surface area (Å²) in [5.74, 6) is 1.92. The molecule has 9 aromatic rings. The van der Waals surface area contributed by atoms with Gasteiger partial charge < -0.3 is 0 Å². The number of nitrogens with zero attached hydrogens (tertiary/aromatic N) is 4. The molecule has 0 spiro atoms. The van der Waals surface area contributed by atoms with Crippen molar-refractivity contribution in [3.8, 4) is 67.5 Å². The van der Waals surface area contributed by atoms with Crippen LogP contribution < -0.4 is 0 Å². The molecule has 0 saturated carbocycles. The van der Waals surface area contributed by atoms with Crippen LogP contribution in [0.15, 0.2) is 207 Å². The number of hydrogen-bond donors (Lipinski definition) is 0. The second kappa shape index (κ2) is 13.6. The van der Waals surface area contributed by atoms with Gasteiger partial charge in [-0.05, 0) is 79.9 Å². The Morgan fingerprint density at radius 3 is 1.24 bits per heavy atom. The smallest absolute Gasteiger partial charge is 0.164 e. The molecular formula is C51H34N4. The molecule has 0 unspecified atom stereocenters. The van der Waals surface area contributed by atoms with Crippen molar-refractivity contribution < 1.29 is 0 Å². The molecule has 258 valence electrons. The van der Waals surface area contributed by atoms with Crippen LogP contribution in [-0.4, -0.2) is 19.9 Å². The fourth-order valence-corrected chi connectivity index (χ4v) is 8.18. The van der Waals surface area contributed by atoms with Gasteiger partial charge in [0.1, 0.15) is 0 Å². The van der Waals surface area contributed by atoms with Crippen LogP contribution in [0.3, 0.4) is 0 Å². The third kappa shape index (κ3) is 5.63. The molecule has 0 fully saturated rings. The topological polar surface area (TPSA) is 51.6 Å². The quantitative estimate of drug-likeness (QED) is 0.166. The van der Waals surface area contributed by atoms with E-state index in [0.29, 0.717) is 17.5 Å². The summed E-state index contributed by atoms with van der Waals surface area (Å²) >= 11 is 0. The van der Waals surface area contributed by atoms with Crippen molar-refractivity contribution in [1.29, 1.82) is 0 Å². The highest BCUT2D eigenvalue weighted by atomic mass is 15.0. The molecule has 0 amide bonds. The van der Waals surface area contributed by atoms with Crippen LogP contribution >= 0.6 is 0 Å². The molecule has 0 N–H and O–H groups in total. The van der Waals surface area contributed by atoms with E-state index in [1.54, 1.807) is 0 Å². The zero-order valence-electron chi connectivity index (χ0n) is 29.9. The van der Waals surface area contributed by atoms with E-state index in [9.17, 15) is 0 Å². The molecule has 0 aliphatic heterocycles. The Kier molecular flexibility index (Phi) is 8.00. The monoisotopic (exact) mass is 702 g/mol. The standard InChI is InChI=1S/C51H34N4/c1-3-13-38(14-4-1)48-53-49(39-15-5-2-6-16-39)55-50(54-48)41-18-12-20-43(34-41)51(46-23-9-7-21-44(46)45-22-8-10-24-47(45)51)42-19-11-17-40(33-42)36-27-25-35(26-28-36)37-29-31-52-32-30-37/h1-34H. The van der Waals surface area contributed by atoms with Gasteiger partial charge in [0.25, 0.3) is 0 Å². The van der Waals surface area contributed by atoms with Crippen molar-refractivity contribution in [3.05, 3.63) is 229 Å². The first-order valence-corrected chi connectivity index (χ1v) is 18.5. The van der Waals surface area contributed by atoms with E-state index in [1.165, 1.54) is 33.4 Å². The average molecular weight is 703 g/mol. The zero-order chi connectivity index (χ0) is 36.6. The summed E-state index contributed by atoms with van der Waals surface area (Å²) in [4.78, 5) is 19.4. The van der Waals surface area contributed by atoms with Gasteiger partial charge in [0.05, 0.1) is 5.41 Å². The van der Waals surface area contributed by atoms with Gasteiger partial charge in [0.2, 0.25) is 0 Å². The fourth-order valence-electron chi connectivity index (χ4n) is 8.18. The van der Waals surface area contributed by atoms with E-state index in [1.807, 2.05) is 85.2 Å². The first-order valence-electron chi connectivity index (χ1n) is 18.5. The highest BCUT2D eigenvalue weighted by molar-refractivity contribution is 5.87. The maximum Gasteiger partial charge on any atom is 0.164 e. The number of fused-ring (bicyclic) bond motifs is 3. The first-order chi connectivity index (χ1) is 27.3. The molecule has 2 heterocycles. The SMILES string of the molecule is c1ccc(-c2nc(-c3ccccc3)nc(-c3cccc(C4(c5cccc(-c6ccc(-c7ccncc7)cc6)c5)c5ccccc5-c5ccccc54)c3)n2)cc1.